The summed E-state index contributed by atoms with van der Waals surface area (Å²) in [5.41, 5.74) is 8.33. The molecule has 0 saturated carbocycles. The van der Waals surface area contributed by atoms with Gasteiger partial charge in [-0.3, -0.25) is 4.98 Å². The number of fused-ring (bicyclic) bond motifs is 7. The van der Waals surface area contributed by atoms with Gasteiger partial charge in [0, 0.05) is 46.9 Å². The van der Waals surface area contributed by atoms with Crippen molar-refractivity contribution >= 4 is 82.1 Å². The monoisotopic (exact) mass is 873 g/mol. The predicted octanol–water partition coefficient (Wildman–Crippen LogP) is 9.75. The summed E-state index contributed by atoms with van der Waals surface area (Å²) in [7, 11) is 2.62. The zero-order chi connectivity index (χ0) is 38.1. The topological polar surface area (TPSA) is 48.1 Å². The van der Waals surface area contributed by atoms with Crippen molar-refractivity contribution in [3.05, 3.63) is 188 Å². The fourth-order valence-corrected chi connectivity index (χ4v) is 14.5. The number of benzene rings is 7. The quantitative estimate of drug-likeness (QED) is 0.0950. The molecule has 2 unspecified atom stereocenters. The molecule has 0 spiro atoms. The van der Waals surface area contributed by atoms with E-state index in [9.17, 15) is 0 Å². The van der Waals surface area contributed by atoms with Gasteiger partial charge in [0.1, 0.15) is 13.6 Å². The van der Waals surface area contributed by atoms with E-state index in [1.54, 1.807) is 0 Å². The van der Waals surface area contributed by atoms with Crippen LogP contribution < -0.4 is 25.2 Å². The molecule has 7 aromatic carbocycles. The first-order chi connectivity index (χ1) is 28.1. The molecule has 10 aromatic rings. The first-order valence-corrected chi connectivity index (χ1v) is 22.8. The third kappa shape index (κ3) is 5.60. The molecule has 11 rings (SSSR count). The van der Waals surface area contributed by atoms with Crippen LogP contribution in [0.2, 0.25) is 0 Å². The molecule has 4 heterocycles. The van der Waals surface area contributed by atoms with E-state index in [-0.39, 0.29) is 20.4 Å². The van der Waals surface area contributed by atoms with Gasteiger partial charge in [0.2, 0.25) is 0 Å². The number of aromatic nitrogens is 4. The van der Waals surface area contributed by atoms with Crippen LogP contribution in [0.1, 0.15) is 0 Å². The van der Waals surface area contributed by atoms with Crippen LogP contribution >= 0.6 is 8.79 Å². The van der Waals surface area contributed by atoms with E-state index in [4.69, 9.17) is 14.7 Å². The zero-order valence-corrected chi connectivity index (χ0v) is 35.0. The maximum absolute atomic E-state index is 6.66. The van der Waals surface area contributed by atoms with Gasteiger partial charge in [-0.15, -0.1) is 49.9 Å². The molecule has 1 aliphatic heterocycles. The Morgan fingerprint density at radius 3 is 2.16 bits per heavy atom. The third-order valence-electron chi connectivity index (χ3n) is 11.1. The van der Waals surface area contributed by atoms with Crippen LogP contribution in [0.5, 0.6) is 11.5 Å². The predicted molar refractivity (Wildman–Crippen MR) is 238 cm³/mol. The number of nitrogens with zero attached hydrogens (tertiary/aromatic N) is 5. The molecule has 0 saturated heterocycles. The fourth-order valence-electron chi connectivity index (χ4n) is 8.63. The molecule has 1 aliphatic rings. The average molecular weight is 874 g/mol. The second-order valence-electron chi connectivity index (χ2n) is 14.3. The van der Waals surface area contributed by atoms with E-state index in [0.29, 0.717) is 11.5 Å². The Morgan fingerprint density at radius 1 is 0.638 bits per heavy atom. The molecule has 58 heavy (non-hydrogen) atoms. The zero-order valence-electron chi connectivity index (χ0n) is 31.3. The SMILES string of the molecule is Cn1c(-c2[c-]c(Oc3[c-]c4c(cc3)[Si](P)(c3ccccc3)c3c(ccc5c3c3ccccc3n5-c3ccccc3)N4c3ccccn3)ccc2)nc2ccccc21.[Pd+2]. The average Bonchev–Trinajstić information content (AvgIpc) is 3.79. The van der Waals surface area contributed by atoms with Gasteiger partial charge < -0.3 is 18.8 Å². The van der Waals surface area contributed by atoms with Crippen LogP contribution in [-0.4, -0.2) is 26.8 Å². The van der Waals surface area contributed by atoms with E-state index < -0.39 is 7.74 Å². The van der Waals surface area contributed by atoms with Gasteiger partial charge in [-0.2, -0.15) is 6.07 Å². The summed E-state index contributed by atoms with van der Waals surface area (Å²) in [5, 5.41) is 6.26. The summed E-state index contributed by atoms with van der Waals surface area (Å²) < 4.78 is 11.2. The smallest absolute Gasteiger partial charge is 0.503 e. The Morgan fingerprint density at radius 2 is 1.36 bits per heavy atom. The minimum Gasteiger partial charge on any atom is -0.503 e. The Bertz CT molecular complexity index is 3150. The summed E-state index contributed by atoms with van der Waals surface area (Å²) >= 11 is 0. The number of rotatable bonds is 6. The van der Waals surface area contributed by atoms with Crippen LogP contribution in [0, 0.1) is 12.1 Å². The fraction of sp³-hybridized carbons (Fsp3) is 0.0204. The molecule has 0 aliphatic carbocycles. The van der Waals surface area contributed by atoms with Gasteiger partial charge in [0.05, 0.1) is 27.9 Å². The Balaban J connectivity index is 0.00000408. The molecule has 9 heteroatoms. The van der Waals surface area contributed by atoms with Crippen LogP contribution in [-0.2, 0) is 27.5 Å². The summed E-state index contributed by atoms with van der Waals surface area (Å²) in [4.78, 5) is 12.1. The second-order valence-corrected chi connectivity index (χ2v) is 20.2. The summed E-state index contributed by atoms with van der Waals surface area (Å²) in [5.74, 6) is 2.82. The first kappa shape index (κ1) is 36.2. The summed E-state index contributed by atoms with van der Waals surface area (Å²) in [6.07, 6.45) is 1.85. The first-order valence-electron chi connectivity index (χ1n) is 18.9. The maximum Gasteiger partial charge on any atom is 2.00 e. The third-order valence-corrected chi connectivity index (χ3v) is 17.7. The van der Waals surface area contributed by atoms with E-state index in [1.807, 2.05) is 61.8 Å². The molecule has 2 atom stereocenters. The Labute approximate surface area is 353 Å². The van der Waals surface area contributed by atoms with Crippen LogP contribution in [0.4, 0.5) is 17.2 Å². The van der Waals surface area contributed by atoms with Crippen LogP contribution in [0.15, 0.2) is 176 Å². The van der Waals surface area contributed by atoms with E-state index in [2.05, 4.69) is 156 Å². The van der Waals surface area contributed by atoms with Crippen molar-refractivity contribution < 1.29 is 25.2 Å². The van der Waals surface area contributed by atoms with Crippen molar-refractivity contribution in [3.63, 3.8) is 0 Å². The Kier molecular flexibility index (Phi) is 8.97. The van der Waals surface area contributed by atoms with Crippen molar-refractivity contribution in [3.8, 4) is 28.6 Å². The molecule has 280 valence electrons. The van der Waals surface area contributed by atoms with Gasteiger partial charge in [-0.1, -0.05) is 102 Å². The van der Waals surface area contributed by atoms with Crippen molar-refractivity contribution in [1.29, 1.82) is 0 Å². The van der Waals surface area contributed by atoms with Crippen molar-refractivity contribution in [1.82, 2.24) is 19.1 Å². The summed E-state index contributed by atoms with van der Waals surface area (Å²) in [6.45, 7) is 0. The number of ether oxygens (including phenoxy) is 1. The van der Waals surface area contributed by atoms with Crippen molar-refractivity contribution in [2.75, 3.05) is 4.90 Å². The minimum atomic E-state index is -2.86. The van der Waals surface area contributed by atoms with Gasteiger partial charge in [0.15, 0.2) is 0 Å². The summed E-state index contributed by atoms with van der Waals surface area (Å²) in [6, 6.07) is 66.7. The molecular formula is C49H34N5OPPdSi. The van der Waals surface area contributed by atoms with E-state index >= 15 is 0 Å². The number of aryl methyl sites for hydroxylation is 1. The van der Waals surface area contributed by atoms with Gasteiger partial charge in [-0.05, 0) is 59.8 Å². The molecule has 3 aromatic heterocycles. The Hall–Kier alpha value is -6.13. The second kappa shape index (κ2) is 14.4. The molecule has 0 amide bonds. The molecule has 0 bridgehead atoms. The van der Waals surface area contributed by atoms with Gasteiger partial charge in [-0.25, -0.2) is 4.98 Å². The van der Waals surface area contributed by atoms with Crippen molar-refractivity contribution in [2.24, 2.45) is 7.05 Å². The number of hydrogen-bond acceptors (Lipinski definition) is 4. The van der Waals surface area contributed by atoms with Crippen molar-refractivity contribution in [2.45, 2.75) is 0 Å². The molecular weight excluding hydrogens is 840 g/mol. The van der Waals surface area contributed by atoms with E-state index in [0.717, 1.165) is 45.3 Å². The number of imidazole rings is 1. The molecule has 6 nitrogen and oxygen atoms in total. The number of anilines is 3. The number of pyridine rings is 1. The maximum atomic E-state index is 6.66. The van der Waals surface area contributed by atoms with Gasteiger partial charge in [0.25, 0.3) is 0 Å². The molecule has 0 radical (unpaired) electrons. The largest absolute Gasteiger partial charge is 2.00 e. The van der Waals surface area contributed by atoms with E-state index in [1.165, 1.54) is 37.4 Å². The number of para-hydroxylation sites is 4. The van der Waals surface area contributed by atoms with Crippen LogP contribution in [0.3, 0.4) is 0 Å². The van der Waals surface area contributed by atoms with Crippen LogP contribution in [0.25, 0.3) is 49.9 Å². The molecule has 0 fully saturated rings. The molecule has 0 N–H and O–H groups in total. The van der Waals surface area contributed by atoms with Gasteiger partial charge >= 0.3 is 20.4 Å². The number of hydrogen-bond donors (Lipinski definition) is 0. The normalized spacial score (nSPS) is 14.6. The minimum absolute atomic E-state index is 0. The standard InChI is InChI=1S/C49H34N5OPSi.Pd/c1-52-41-24-11-9-22-39(41)51-49(52)33-15-14-18-35(31-33)55-36-26-29-45-44(32-36)54(46-25-12-13-30-50-46)43-28-27-42-47(48(43)57(45,56)37-19-6-3-7-20-37)38-21-8-10-23-40(38)53(42)34-16-4-2-5-17-34;/h2-30H,56H2,1H3;/q-2;+2.